The number of rotatable bonds is 3. The van der Waals surface area contributed by atoms with E-state index >= 15 is 0 Å². The van der Waals surface area contributed by atoms with Crippen LogP contribution in [0.2, 0.25) is 0 Å². The van der Waals surface area contributed by atoms with Gasteiger partial charge in [0.05, 0.1) is 29.4 Å². The van der Waals surface area contributed by atoms with Gasteiger partial charge in [0.25, 0.3) is 0 Å². The zero-order valence-corrected chi connectivity index (χ0v) is 19.7. The van der Waals surface area contributed by atoms with Gasteiger partial charge in [-0.15, -0.1) is 0 Å². The highest BCUT2D eigenvalue weighted by Gasteiger charge is 2.43. The highest BCUT2D eigenvalue weighted by atomic mass is 32.1. The zero-order chi connectivity index (χ0) is 21.6. The van der Waals surface area contributed by atoms with Crippen molar-refractivity contribution in [3.8, 4) is 0 Å². The van der Waals surface area contributed by atoms with E-state index in [-0.39, 0.29) is 17.5 Å². The van der Waals surface area contributed by atoms with Gasteiger partial charge in [-0.2, -0.15) is 0 Å². The molecule has 30 heavy (non-hydrogen) atoms. The molecule has 0 spiro atoms. The number of thiocarbonyl (C=S) groups is 1. The first-order chi connectivity index (χ1) is 14.1. The first-order valence-electron chi connectivity index (χ1n) is 10.9. The van der Waals surface area contributed by atoms with E-state index in [1.807, 2.05) is 0 Å². The number of benzene rings is 1. The van der Waals surface area contributed by atoms with Crippen LogP contribution in [0.1, 0.15) is 54.4 Å². The van der Waals surface area contributed by atoms with Crippen molar-refractivity contribution in [1.29, 1.82) is 0 Å². The number of hydrogen-bond donors (Lipinski definition) is 2. The van der Waals surface area contributed by atoms with Gasteiger partial charge in [0.2, 0.25) is 0 Å². The SMILES string of the molecule is CC1=CC(C)C(C2/C(=N/C(C)C(C)(C)C)NC(=S)N2c2ccc3[nH]cnc3c2)CC1. The molecule has 4 rings (SSSR count). The number of H-pyrrole nitrogens is 1. The third-order valence-electron chi connectivity index (χ3n) is 6.78. The summed E-state index contributed by atoms with van der Waals surface area (Å²) in [6.07, 6.45) is 6.44. The van der Waals surface area contributed by atoms with Gasteiger partial charge in [-0.1, -0.05) is 39.3 Å². The van der Waals surface area contributed by atoms with Gasteiger partial charge in [0, 0.05) is 5.69 Å². The van der Waals surface area contributed by atoms with Crippen LogP contribution in [0.5, 0.6) is 0 Å². The van der Waals surface area contributed by atoms with Crippen molar-refractivity contribution in [2.45, 2.75) is 66.5 Å². The molecule has 0 radical (unpaired) electrons. The molecular formula is C24H33N5S. The van der Waals surface area contributed by atoms with Crippen molar-refractivity contribution < 1.29 is 0 Å². The summed E-state index contributed by atoms with van der Waals surface area (Å²) in [6.45, 7) is 13.5. The lowest BCUT2D eigenvalue weighted by atomic mass is 9.77. The van der Waals surface area contributed by atoms with Gasteiger partial charge in [-0.25, -0.2) is 4.98 Å². The van der Waals surface area contributed by atoms with Crippen LogP contribution in [-0.2, 0) is 0 Å². The number of fused-ring (bicyclic) bond motifs is 1. The van der Waals surface area contributed by atoms with Crippen LogP contribution in [-0.4, -0.2) is 33.0 Å². The molecule has 160 valence electrons. The molecule has 6 heteroatoms. The summed E-state index contributed by atoms with van der Waals surface area (Å²) in [6, 6.07) is 6.63. The topological polar surface area (TPSA) is 56.3 Å². The Kier molecular flexibility index (Phi) is 5.47. The van der Waals surface area contributed by atoms with Gasteiger partial charge >= 0.3 is 0 Å². The molecule has 4 atom stereocenters. The van der Waals surface area contributed by atoms with Crippen molar-refractivity contribution in [3.05, 3.63) is 36.2 Å². The Labute approximate surface area is 185 Å². The Bertz CT molecular complexity index is 1010. The van der Waals surface area contributed by atoms with E-state index in [9.17, 15) is 0 Å². The Hall–Kier alpha value is -2.21. The van der Waals surface area contributed by atoms with Gasteiger partial charge in [0.1, 0.15) is 5.84 Å². The second kappa shape index (κ2) is 7.80. The third-order valence-corrected chi connectivity index (χ3v) is 7.08. The first kappa shape index (κ1) is 21.0. The Morgan fingerprint density at radius 1 is 1.30 bits per heavy atom. The van der Waals surface area contributed by atoms with Crippen LogP contribution >= 0.6 is 12.2 Å². The number of allylic oxidation sites excluding steroid dienone is 2. The number of aromatic amines is 1. The second-order valence-electron chi connectivity index (χ2n) is 9.98. The maximum Gasteiger partial charge on any atom is 0.179 e. The zero-order valence-electron chi connectivity index (χ0n) is 18.9. The molecule has 1 aliphatic carbocycles. The molecule has 4 unspecified atom stereocenters. The molecule has 0 saturated carbocycles. The molecule has 1 saturated heterocycles. The number of amidine groups is 1. The molecular weight excluding hydrogens is 390 g/mol. The quantitative estimate of drug-likeness (QED) is 0.509. The summed E-state index contributed by atoms with van der Waals surface area (Å²) in [7, 11) is 0. The summed E-state index contributed by atoms with van der Waals surface area (Å²) < 4.78 is 0. The minimum Gasteiger partial charge on any atom is -0.345 e. The summed E-state index contributed by atoms with van der Waals surface area (Å²) in [5.41, 5.74) is 4.64. The number of nitrogens with zero attached hydrogens (tertiary/aromatic N) is 3. The fourth-order valence-electron chi connectivity index (χ4n) is 4.50. The summed E-state index contributed by atoms with van der Waals surface area (Å²) in [5.74, 6) is 1.93. The third kappa shape index (κ3) is 3.89. The number of imidazole rings is 1. The molecule has 0 bridgehead atoms. The molecule has 2 N–H and O–H groups in total. The van der Waals surface area contributed by atoms with Crippen LogP contribution in [0.3, 0.4) is 0 Å². The summed E-state index contributed by atoms with van der Waals surface area (Å²) in [5, 5.41) is 4.21. The normalized spacial score (nSPS) is 27.5. The maximum atomic E-state index is 5.85. The van der Waals surface area contributed by atoms with Crippen molar-refractivity contribution >= 4 is 39.9 Å². The van der Waals surface area contributed by atoms with Crippen LogP contribution in [0.4, 0.5) is 5.69 Å². The van der Waals surface area contributed by atoms with E-state index in [0.29, 0.717) is 11.8 Å². The molecule has 2 heterocycles. The first-order valence-corrected chi connectivity index (χ1v) is 11.3. The van der Waals surface area contributed by atoms with Gasteiger partial charge < -0.3 is 15.2 Å². The molecule has 1 aromatic carbocycles. The lowest BCUT2D eigenvalue weighted by molar-refractivity contribution is 0.333. The number of nitrogens with one attached hydrogen (secondary N) is 2. The van der Waals surface area contributed by atoms with Gasteiger partial charge in [-0.3, -0.25) is 4.99 Å². The molecule has 1 fully saturated rings. The van der Waals surface area contributed by atoms with Crippen LogP contribution in [0.25, 0.3) is 11.0 Å². The van der Waals surface area contributed by atoms with E-state index in [1.54, 1.807) is 6.33 Å². The van der Waals surface area contributed by atoms with Gasteiger partial charge in [0.15, 0.2) is 5.11 Å². The second-order valence-corrected chi connectivity index (χ2v) is 10.4. The van der Waals surface area contributed by atoms with Crippen molar-refractivity contribution in [2.24, 2.45) is 22.2 Å². The van der Waals surface area contributed by atoms with Gasteiger partial charge in [-0.05, 0) is 74.4 Å². The number of aromatic nitrogens is 2. The Morgan fingerprint density at radius 3 is 2.77 bits per heavy atom. The van der Waals surface area contributed by atoms with Crippen LogP contribution in [0.15, 0.2) is 41.2 Å². The summed E-state index contributed by atoms with van der Waals surface area (Å²) in [4.78, 5) is 15.1. The minimum atomic E-state index is 0.0941. The van der Waals surface area contributed by atoms with E-state index < -0.39 is 0 Å². The van der Waals surface area contributed by atoms with Crippen molar-refractivity contribution in [3.63, 3.8) is 0 Å². The van der Waals surface area contributed by atoms with E-state index in [4.69, 9.17) is 17.2 Å². The molecule has 0 amide bonds. The number of anilines is 1. The van der Waals surface area contributed by atoms with Crippen LogP contribution in [0, 0.1) is 17.3 Å². The molecule has 2 aromatic rings. The van der Waals surface area contributed by atoms with E-state index in [1.165, 1.54) is 5.57 Å². The molecule has 1 aliphatic heterocycles. The fraction of sp³-hybridized carbons (Fsp3) is 0.542. The predicted octanol–water partition coefficient (Wildman–Crippen LogP) is 5.45. The minimum absolute atomic E-state index is 0.0941. The maximum absolute atomic E-state index is 5.85. The van der Waals surface area contributed by atoms with Crippen molar-refractivity contribution in [1.82, 2.24) is 15.3 Å². The average molecular weight is 424 g/mol. The average Bonchev–Trinajstić information content (AvgIpc) is 3.24. The highest BCUT2D eigenvalue weighted by molar-refractivity contribution is 7.80. The summed E-state index contributed by atoms with van der Waals surface area (Å²) >= 11 is 5.85. The molecule has 5 nitrogen and oxygen atoms in total. The molecule has 2 aliphatic rings. The number of aliphatic imine (C=N–C) groups is 1. The van der Waals surface area contributed by atoms with Crippen molar-refractivity contribution in [2.75, 3.05) is 4.90 Å². The lowest BCUT2D eigenvalue weighted by Crippen LogP contribution is -2.44. The smallest absolute Gasteiger partial charge is 0.179 e. The predicted molar refractivity (Wildman–Crippen MR) is 130 cm³/mol. The number of hydrogen-bond acceptors (Lipinski definition) is 3. The Balaban J connectivity index is 1.79. The lowest BCUT2D eigenvalue weighted by Gasteiger charge is -2.37. The van der Waals surface area contributed by atoms with E-state index in [0.717, 1.165) is 40.5 Å². The Morgan fingerprint density at radius 2 is 2.07 bits per heavy atom. The van der Waals surface area contributed by atoms with E-state index in [2.05, 4.69) is 86.0 Å². The largest absolute Gasteiger partial charge is 0.345 e. The highest BCUT2D eigenvalue weighted by Crippen LogP contribution is 2.38. The molecule has 1 aromatic heterocycles. The van der Waals surface area contributed by atoms with Crippen LogP contribution < -0.4 is 10.2 Å². The fourth-order valence-corrected chi connectivity index (χ4v) is 4.83. The monoisotopic (exact) mass is 423 g/mol. The standard InChI is InChI=1S/C24H33N5S/c1-14-7-9-18(15(2)11-14)21-22(27-16(3)24(4,5)6)28-23(30)29(21)17-8-10-19-20(12-17)26-13-25-19/h8,10-13,15-16,18,21H,7,9H2,1-6H3,(H,25,26)(H,27,28,30).